The lowest BCUT2D eigenvalue weighted by molar-refractivity contribution is 0.435. The smallest absolute Gasteiger partial charge is 0.332 e. The highest BCUT2D eigenvalue weighted by molar-refractivity contribution is 5.75. The van der Waals surface area contributed by atoms with E-state index in [-0.39, 0.29) is 17.9 Å². The van der Waals surface area contributed by atoms with Gasteiger partial charge >= 0.3 is 5.69 Å². The van der Waals surface area contributed by atoms with Gasteiger partial charge < -0.3 is 9.47 Å². The van der Waals surface area contributed by atoms with E-state index in [9.17, 15) is 14.0 Å². The minimum atomic E-state index is -0.440. The van der Waals surface area contributed by atoms with E-state index in [0.29, 0.717) is 41.7 Å². The van der Waals surface area contributed by atoms with Crippen molar-refractivity contribution >= 4 is 17.1 Å². The second-order valence-electron chi connectivity index (χ2n) is 8.53. The average molecular weight is 433 g/mol. The van der Waals surface area contributed by atoms with Crippen molar-refractivity contribution in [2.75, 3.05) is 11.4 Å². The highest BCUT2D eigenvalue weighted by Gasteiger charge is 2.29. The van der Waals surface area contributed by atoms with Crippen molar-refractivity contribution in [3.05, 3.63) is 92.4 Å². The summed E-state index contributed by atoms with van der Waals surface area (Å²) >= 11 is 0. The molecule has 0 saturated heterocycles. The molecule has 0 radical (unpaired) electrons. The predicted molar refractivity (Wildman–Crippen MR) is 121 cm³/mol. The van der Waals surface area contributed by atoms with Crippen LogP contribution in [-0.2, 0) is 26.7 Å². The molecule has 1 atom stereocenters. The van der Waals surface area contributed by atoms with Gasteiger partial charge in [-0.05, 0) is 29.2 Å². The van der Waals surface area contributed by atoms with Gasteiger partial charge in [0.2, 0.25) is 5.95 Å². The van der Waals surface area contributed by atoms with Gasteiger partial charge in [-0.15, -0.1) is 0 Å². The van der Waals surface area contributed by atoms with Gasteiger partial charge in [0.15, 0.2) is 11.2 Å². The maximum atomic E-state index is 13.5. The third kappa shape index (κ3) is 3.41. The zero-order valence-corrected chi connectivity index (χ0v) is 18.0. The number of rotatable bonds is 4. The zero-order valence-electron chi connectivity index (χ0n) is 18.0. The van der Waals surface area contributed by atoms with Crippen LogP contribution in [0.25, 0.3) is 11.2 Å². The first kappa shape index (κ1) is 20.2. The molecular formula is C24H24FN5O2. The van der Waals surface area contributed by atoms with E-state index in [1.54, 1.807) is 19.2 Å². The van der Waals surface area contributed by atoms with E-state index < -0.39 is 5.69 Å². The van der Waals surface area contributed by atoms with Crippen molar-refractivity contribution in [3.8, 4) is 0 Å². The molecule has 0 aliphatic carbocycles. The summed E-state index contributed by atoms with van der Waals surface area (Å²) in [5, 5.41) is 0. The summed E-state index contributed by atoms with van der Waals surface area (Å²) < 4.78 is 17.8. The Labute approximate surface area is 184 Å². The second-order valence-corrected chi connectivity index (χ2v) is 8.53. The van der Waals surface area contributed by atoms with Crippen LogP contribution in [0.15, 0.2) is 64.2 Å². The van der Waals surface area contributed by atoms with Crippen LogP contribution in [0.5, 0.6) is 0 Å². The number of nitrogens with zero attached hydrogens (tertiary/aromatic N) is 5. The molecule has 32 heavy (non-hydrogen) atoms. The molecule has 0 fully saturated rings. The first-order chi connectivity index (χ1) is 15.4. The lowest BCUT2D eigenvalue weighted by Crippen LogP contribution is -2.41. The van der Waals surface area contributed by atoms with Crippen molar-refractivity contribution in [3.63, 3.8) is 0 Å². The molecule has 2 aromatic carbocycles. The number of imidazole rings is 1. The van der Waals surface area contributed by atoms with Gasteiger partial charge in [0.1, 0.15) is 5.82 Å². The Hall–Kier alpha value is -3.68. The van der Waals surface area contributed by atoms with Crippen LogP contribution < -0.4 is 16.1 Å². The first-order valence-corrected chi connectivity index (χ1v) is 10.7. The lowest BCUT2D eigenvalue weighted by Gasteiger charge is -2.33. The number of aromatic nitrogens is 4. The predicted octanol–water partition coefficient (Wildman–Crippen LogP) is 2.74. The maximum Gasteiger partial charge on any atom is 0.332 e. The molecule has 0 unspecified atom stereocenters. The van der Waals surface area contributed by atoms with Crippen LogP contribution in [-0.4, -0.2) is 25.2 Å². The summed E-state index contributed by atoms with van der Waals surface area (Å²) in [4.78, 5) is 33.4. The number of hydrogen-bond acceptors (Lipinski definition) is 4. The fraction of sp³-hybridized carbons (Fsp3) is 0.292. The quantitative estimate of drug-likeness (QED) is 0.497. The van der Waals surface area contributed by atoms with Crippen LogP contribution in [0, 0.1) is 11.7 Å². The summed E-state index contributed by atoms with van der Waals surface area (Å²) in [6.45, 7) is 4.36. The maximum absolute atomic E-state index is 13.5. The molecule has 7 nitrogen and oxygen atoms in total. The van der Waals surface area contributed by atoms with Crippen LogP contribution in [0.4, 0.5) is 10.3 Å². The molecule has 0 N–H and O–H groups in total. The van der Waals surface area contributed by atoms with Crippen molar-refractivity contribution in [1.82, 2.24) is 18.7 Å². The third-order valence-electron chi connectivity index (χ3n) is 5.99. The molecule has 5 rings (SSSR count). The van der Waals surface area contributed by atoms with Gasteiger partial charge in [0.05, 0.1) is 6.54 Å². The Morgan fingerprint density at radius 3 is 2.38 bits per heavy atom. The number of fused-ring (bicyclic) bond motifs is 3. The standard InChI is InChI=1S/C24H24FN5O2/c1-16-12-28(14-17-6-4-3-5-7-17)23-26-21-20(29(23)13-16)22(31)30(24(32)27(21)2)15-18-8-10-19(25)11-9-18/h3-11,16H,12-15H2,1-2H3/t16-/m0/s1. The molecule has 4 aromatic rings. The number of anilines is 1. The van der Waals surface area contributed by atoms with E-state index in [4.69, 9.17) is 4.98 Å². The largest absolute Gasteiger partial charge is 0.338 e. The van der Waals surface area contributed by atoms with Crippen molar-refractivity contribution in [2.24, 2.45) is 13.0 Å². The van der Waals surface area contributed by atoms with Gasteiger partial charge in [0.25, 0.3) is 5.56 Å². The third-order valence-corrected chi connectivity index (χ3v) is 5.99. The molecule has 1 aliphatic heterocycles. The number of aryl methyl sites for hydroxylation is 1. The molecule has 1 aliphatic rings. The molecule has 164 valence electrons. The molecular weight excluding hydrogens is 409 g/mol. The van der Waals surface area contributed by atoms with Crippen LogP contribution in [0.3, 0.4) is 0 Å². The Morgan fingerprint density at radius 1 is 0.969 bits per heavy atom. The van der Waals surface area contributed by atoms with Gasteiger partial charge in [0, 0.05) is 26.7 Å². The number of hydrogen-bond donors (Lipinski definition) is 0. The Kier molecular flexibility index (Phi) is 4.92. The van der Waals surface area contributed by atoms with Gasteiger partial charge in [-0.2, -0.15) is 4.98 Å². The molecule has 3 heterocycles. The SMILES string of the molecule is C[C@H]1CN(Cc2ccccc2)c2nc3c(c(=O)n(Cc4ccc(F)cc4)c(=O)n3C)n2C1. The summed E-state index contributed by atoms with van der Waals surface area (Å²) in [5.41, 5.74) is 1.83. The lowest BCUT2D eigenvalue weighted by atomic mass is 10.1. The Balaban J connectivity index is 1.65. The summed E-state index contributed by atoms with van der Waals surface area (Å²) in [5.74, 6) is 0.654. The van der Waals surface area contributed by atoms with Crippen LogP contribution >= 0.6 is 0 Å². The fourth-order valence-corrected chi connectivity index (χ4v) is 4.45. The topological polar surface area (TPSA) is 65.1 Å². The minimum Gasteiger partial charge on any atom is -0.338 e. The van der Waals surface area contributed by atoms with Crippen molar-refractivity contribution < 1.29 is 4.39 Å². The molecule has 0 bridgehead atoms. The highest BCUT2D eigenvalue weighted by Crippen LogP contribution is 2.28. The second kappa shape index (κ2) is 7.78. The Morgan fingerprint density at radius 2 is 1.66 bits per heavy atom. The zero-order chi connectivity index (χ0) is 22.4. The van der Waals surface area contributed by atoms with Gasteiger partial charge in [-0.25, -0.2) is 9.18 Å². The Bertz CT molecular complexity index is 1400. The van der Waals surface area contributed by atoms with Gasteiger partial charge in [-0.3, -0.25) is 13.9 Å². The highest BCUT2D eigenvalue weighted by atomic mass is 19.1. The average Bonchev–Trinajstić information content (AvgIpc) is 3.17. The minimum absolute atomic E-state index is 0.0749. The molecule has 8 heteroatoms. The van der Waals surface area contributed by atoms with Crippen molar-refractivity contribution in [1.29, 1.82) is 0 Å². The molecule has 2 aromatic heterocycles. The number of benzene rings is 2. The van der Waals surface area contributed by atoms with Crippen LogP contribution in [0.1, 0.15) is 18.1 Å². The van der Waals surface area contributed by atoms with Gasteiger partial charge in [-0.1, -0.05) is 49.4 Å². The van der Waals surface area contributed by atoms with E-state index in [2.05, 4.69) is 24.0 Å². The number of halogens is 1. The molecule has 0 amide bonds. The van der Waals surface area contributed by atoms with E-state index >= 15 is 0 Å². The molecule has 0 saturated carbocycles. The summed E-state index contributed by atoms with van der Waals surface area (Å²) in [6, 6.07) is 15.9. The van der Waals surface area contributed by atoms with Crippen molar-refractivity contribution in [2.45, 2.75) is 26.6 Å². The molecule has 0 spiro atoms. The monoisotopic (exact) mass is 433 g/mol. The normalized spacial score (nSPS) is 15.8. The van der Waals surface area contributed by atoms with E-state index in [1.165, 1.54) is 21.3 Å². The van der Waals surface area contributed by atoms with E-state index in [0.717, 1.165) is 12.1 Å². The van der Waals surface area contributed by atoms with Crippen LogP contribution in [0.2, 0.25) is 0 Å². The summed E-state index contributed by atoms with van der Waals surface area (Å²) in [6.07, 6.45) is 0. The summed E-state index contributed by atoms with van der Waals surface area (Å²) in [7, 11) is 1.63. The van der Waals surface area contributed by atoms with E-state index in [1.807, 2.05) is 22.8 Å². The fourth-order valence-electron chi connectivity index (χ4n) is 4.45. The first-order valence-electron chi connectivity index (χ1n) is 10.7.